The quantitative estimate of drug-likeness (QED) is 0.332. The number of thiocarbonyl (C=S) groups is 1. The third kappa shape index (κ3) is 6.85. The first-order valence-corrected chi connectivity index (χ1v) is 14.7. The molecule has 0 aliphatic carbocycles. The van der Waals surface area contributed by atoms with Gasteiger partial charge in [-0.3, -0.25) is 14.5 Å². The van der Waals surface area contributed by atoms with E-state index in [-0.39, 0.29) is 18.2 Å². The van der Waals surface area contributed by atoms with E-state index in [0.29, 0.717) is 23.1 Å². The van der Waals surface area contributed by atoms with Gasteiger partial charge in [-0.15, -0.1) is 11.8 Å². The first-order chi connectivity index (χ1) is 18.4. The summed E-state index contributed by atoms with van der Waals surface area (Å²) in [6, 6.07) is 14.3. The Balaban J connectivity index is 1.46. The molecule has 0 unspecified atom stereocenters. The van der Waals surface area contributed by atoms with Crippen LogP contribution in [0.3, 0.4) is 0 Å². The molecule has 8 nitrogen and oxygen atoms in total. The van der Waals surface area contributed by atoms with Gasteiger partial charge in [-0.2, -0.15) is 0 Å². The van der Waals surface area contributed by atoms with Gasteiger partial charge in [0.05, 0.1) is 19.2 Å². The molecule has 1 N–H and O–H groups in total. The van der Waals surface area contributed by atoms with Gasteiger partial charge in [0.25, 0.3) is 5.91 Å². The van der Waals surface area contributed by atoms with Crippen molar-refractivity contribution in [2.24, 2.45) is 0 Å². The summed E-state index contributed by atoms with van der Waals surface area (Å²) >= 11 is 7.46. The molecule has 10 heteroatoms. The van der Waals surface area contributed by atoms with Crippen molar-refractivity contribution in [2.75, 3.05) is 69.4 Å². The first-order valence-electron chi connectivity index (χ1n) is 13.1. The Bertz CT molecular complexity index is 1120. The van der Waals surface area contributed by atoms with Crippen molar-refractivity contribution in [3.05, 3.63) is 48.5 Å². The van der Waals surface area contributed by atoms with Crippen molar-refractivity contribution in [2.45, 2.75) is 30.7 Å². The molecule has 0 aromatic heterocycles. The molecule has 2 fully saturated rings. The lowest BCUT2D eigenvalue weighted by molar-refractivity contribution is -0.124. The molecule has 2 saturated heterocycles. The number of likely N-dealkylation sites (N-methyl/N-ethyl adjacent to an activating group) is 1. The van der Waals surface area contributed by atoms with Gasteiger partial charge in [-0.25, -0.2) is 0 Å². The van der Waals surface area contributed by atoms with Crippen LogP contribution in [0.1, 0.15) is 19.8 Å². The summed E-state index contributed by atoms with van der Waals surface area (Å²) in [5.41, 5.74) is 1.40. The molecule has 0 saturated carbocycles. The van der Waals surface area contributed by atoms with E-state index >= 15 is 0 Å². The molecule has 0 spiro atoms. The van der Waals surface area contributed by atoms with Gasteiger partial charge in [-0.1, -0.05) is 13.0 Å². The summed E-state index contributed by atoms with van der Waals surface area (Å²) in [5.74, 6) is 0.330. The Kier molecular flexibility index (Phi) is 10.0. The predicted octanol–water partition coefficient (Wildman–Crippen LogP) is 3.78. The third-order valence-corrected chi connectivity index (χ3v) is 8.31. The van der Waals surface area contributed by atoms with E-state index in [1.165, 1.54) is 0 Å². The van der Waals surface area contributed by atoms with E-state index in [1.54, 1.807) is 48.0 Å². The highest BCUT2D eigenvalue weighted by Crippen LogP contribution is 2.30. The number of nitrogens with one attached hydrogen (secondary N) is 1. The molecule has 2 amide bonds. The highest BCUT2D eigenvalue weighted by Gasteiger charge is 2.44. The maximum atomic E-state index is 13.7. The van der Waals surface area contributed by atoms with Crippen LogP contribution in [0, 0.1) is 0 Å². The summed E-state index contributed by atoms with van der Waals surface area (Å²) in [5, 5.41) is 3.38. The van der Waals surface area contributed by atoms with Gasteiger partial charge >= 0.3 is 0 Å². The van der Waals surface area contributed by atoms with Gasteiger partial charge in [0, 0.05) is 43.3 Å². The van der Waals surface area contributed by atoms with Gasteiger partial charge < -0.3 is 24.8 Å². The fourth-order valence-corrected chi connectivity index (χ4v) is 5.80. The number of methoxy groups -OCH3 is 1. The topological polar surface area (TPSA) is 68.4 Å². The van der Waals surface area contributed by atoms with E-state index in [0.717, 1.165) is 56.3 Å². The van der Waals surface area contributed by atoms with E-state index in [1.807, 2.05) is 35.4 Å². The molecule has 4 rings (SSSR count). The van der Waals surface area contributed by atoms with Gasteiger partial charge in [0.15, 0.2) is 5.11 Å². The number of benzene rings is 2. The number of nitrogens with zero attached hydrogens (tertiary/aromatic N) is 4. The van der Waals surface area contributed by atoms with Crippen LogP contribution in [0.5, 0.6) is 5.75 Å². The van der Waals surface area contributed by atoms with Gasteiger partial charge in [-0.05, 0) is 80.4 Å². The second-order valence-electron chi connectivity index (χ2n) is 9.48. The number of piperazine rings is 1. The molecule has 1 atom stereocenters. The first kappa shape index (κ1) is 28.4. The maximum absolute atomic E-state index is 13.7. The van der Waals surface area contributed by atoms with Crippen LogP contribution in [0.2, 0.25) is 0 Å². The van der Waals surface area contributed by atoms with Crippen LogP contribution >= 0.6 is 24.0 Å². The number of hydrogen-bond acceptors (Lipinski definition) is 7. The minimum absolute atomic E-state index is 0.0267. The van der Waals surface area contributed by atoms with Crippen molar-refractivity contribution in [1.82, 2.24) is 14.7 Å². The zero-order chi connectivity index (χ0) is 27.1. The average Bonchev–Trinajstić information content (AvgIpc) is 3.17. The Hall–Kier alpha value is -2.66. The highest BCUT2D eigenvalue weighted by atomic mass is 32.2. The SMILES string of the molecule is CCN1CCN(CCCN2C(=S)N(c3cccc(SC)c3)C(=O)[C@H]2CC(=O)Nc2ccc(OC)cc2)CC1. The number of hydrogen-bond donors (Lipinski definition) is 1. The number of anilines is 2. The summed E-state index contributed by atoms with van der Waals surface area (Å²) in [6.07, 6.45) is 2.90. The van der Waals surface area contributed by atoms with E-state index in [9.17, 15) is 9.59 Å². The number of amides is 2. The third-order valence-electron chi connectivity index (χ3n) is 7.17. The van der Waals surface area contributed by atoms with Crippen LogP contribution in [-0.2, 0) is 9.59 Å². The normalized spacial score (nSPS) is 18.8. The second kappa shape index (κ2) is 13.4. The molecular formula is C28H37N5O3S2. The van der Waals surface area contributed by atoms with Gasteiger partial charge in [0.1, 0.15) is 11.8 Å². The summed E-state index contributed by atoms with van der Waals surface area (Å²) in [4.78, 5) is 36.3. The Morgan fingerprint density at radius 2 is 1.79 bits per heavy atom. The smallest absolute Gasteiger partial charge is 0.256 e. The van der Waals surface area contributed by atoms with Crippen molar-refractivity contribution in [3.63, 3.8) is 0 Å². The van der Waals surface area contributed by atoms with Crippen LogP contribution in [0.25, 0.3) is 0 Å². The Morgan fingerprint density at radius 3 is 2.45 bits per heavy atom. The minimum atomic E-state index is -0.643. The van der Waals surface area contributed by atoms with Crippen molar-refractivity contribution in [3.8, 4) is 5.75 Å². The molecule has 2 aliphatic rings. The van der Waals surface area contributed by atoms with Crippen LogP contribution in [0.15, 0.2) is 53.4 Å². The minimum Gasteiger partial charge on any atom is -0.497 e. The molecule has 0 radical (unpaired) electrons. The Morgan fingerprint density at radius 1 is 1.08 bits per heavy atom. The molecule has 2 aliphatic heterocycles. The second-order valence-corrected chi connectivity index (χ2v) is 10.7. The number of rotatable bonds is 11. The lowest BCUT2D eigenvalue weighted by Crippen LogP contribution is -2.47. The molecular weight excluding hydrogens is 518 g/mol. The predicted molar refractivity (Wildman–Crippen MR) is 158 cm³/mol. The lowest BCUT2D eigenvalue weighted by atomic mass is 10.1. The lowest BCUT2D eigenvalue weighted by Gasteiger charge is -2.34. The summed E-state index contributed by atoms with van der Waals surface area (Å²) in [7, 11) is 1.60. The zero-order valence-corrected chi connectivity index (χ0v) is 24.0. The monoisotopic (exact) mass is 555 g/mol. The highest BCUT2D eigenvalue weighted by molar-refractivity contribution is 7.98. The van der Waals surface area contributed by atoms with E-state index in [4.69, 9.17) is 17.0 Å². The summed E-state index contributed by atoms with van der Waals surface area (Å²) < 4.78 is 5.19. The van der Waals surface area contributed by atoms with E-state index < -0.39 is 6.04 Å². The van der Waals surface area contributed by atoms with Gasteiger partial charge in [0.2, 0.25) is 5.91 Å². The average molecular weight is 556 g/mol. The van der Waals surface area contributed by atoms with Crippen LogP contribution < -0.4 is 15.0 Å². The molecule has 204 valence electrons. The molecule has 0 bridgehead atoms. The molecule has 2 aromatic carbocycles. The number of carbonyl (C=O) groups is 2. The molecule has 2 aromatic rings. The van der Waals surface area contributed by atoms with Crippen LogP contribution in [-0.4, -0.2) is 96.8 Å². The molecule has 2 heterocycles. The molecule has 38 heavy (non-hydrogen) atoms. The van der Waals surface area contributed by atoms with Crippen molar-refractivity contribution >= 4 is 52.3 Å². The summed E-state index contributed by atoms with van der Waals surface area (Å²) in [6.45, 7) is 9.14. The Labute approximate surface area is 235 Å². The van der Waals surface area contributed by atoms with Crippen LogP contribution in [0.4, 0.5) is 11.4 Å². The largest absolute Gasteiger partial charge is 0.497 e. The van der Waals surface area contributed by atoms with Crippen molar-refractivity contribution in [1.29, 1.82) is 0 Å². The number of carbonyl (C=O) groups excluding carboxylic acids is 2. The standard InChI is InChI=1S/C28H37N5O3S2/c1-4-30-15-17-31(18-16-30)13-6-14-32-25(20-26(34)29-21-9-11-23(36-2)12-10-21)27(35)33(28(32)37)22-7-5-8-24(19-22)38-3/h5,7-12,19,25H,4,6,13-18,20H2,1-3H3,(H,29,34)/t25-/m1/s1. The van der Waals surface area contributed by atoms with E-state index in [2.05, 4.69) is 22.0 Å². The number of thioether (sulfide) groups is 1. The fraction of sp³-hybridized carbons (Fsp3) is 0.464. The number of ether oxygens (including phenoxy) is 1. The fourth-order valence-electron chi connectivity index (χ4n) is 4.93. The maximum Gasteiger partial charge on any atom is 0.256 e. The zero-order valence-electron chi connectivity index (χ0n) is 22.4. The van der Waals surface area contributed by atoms with Crippen molar-refractivity contribution < 1.29 is 14.3 Å².